The fraction of sp³-hybridized carbons (Fsp3) is 0.0400. The number of rotatable bonds is 5. The van der Waals surface area contributed by atoms with Crippen molar-refractivity contribution in [1.82, 2.24) is 0 Å². The first-order valence-corrected chi connectivity index (χ1v) is 17.6. The van der Waals surface area contributed by atoms with Crippen molar-refractivity contribution >= 4 is 0 Å². The average molecular weight is 635 g/mol. The van der Waals surface area contributed by atoms with E-state index in [0.717, 1.165) is 6.42 Å². The lowest BCUT2D eigenvalue weighted by Gasteiger charge is -2.17. The maximum absolute atomic E-state index is 2.43. The van der Waals surface area contributed by atoms with Gasteiger partial charge in [-0.2, -0.15) is 0 Å². The fourth-order valence-corrected chi connectivity index (χ4v) is 8.33. The summed E-state index contributed by atoms with van der Waals surface area (Å²) >= 11 is 0. The molecule has 0 bridgehead atoms. The summed E-state index contributed by atoms with van der Waals surface area (Å²) in [4.78, 5) is 0. The van der Waals surface area contributed by atoms with Gasteiger partial charge in [0.05, 0.1) is 0 Å². The van der Waals surface area contributed by atoms with E-state index in [0.29, 0.717) is 0 Å². The second-order valence-electron chi connectivity index (χ2n) is 13.7. The van der Waals surface area contributed by atoms with Gasteiger partial charge in [-0.3, -0.25) is 0 Å². The first-order valence-electron chi connectivity index (χ1n) is 17.6. The summed E-state index contributed by atoms with van der Waals surface area (Å²) in [5, 5.41) is 0. The molecule has 1 atom stereocenters. The van der Waals surface area contributed by atoms with Crippen molar-refractivity contribution in [2.75, 3.05) is 0 Å². The second kappa shape index (κ2) is 11.7. The molecule has 0 fully saturated rings. The Morgan fingerprint density at radius 2 is 0.800 bits per heavy atom. The molecule has 1 unspecified atom stereocenters. The molecule has 0 nitrogen and oxygen atoms in total. The lowest BCUT2D eigenvalue weighted by Crippen LogP contribution is -1.99. The molecule has 50 heavy (non-hydrogen) atoms. The van der Waals surface area contributed by atoms with E-state index in [4.69, 9.17) is 0 Å². The van der Waals surface area contributed by atoms with Crippen molar-refractivity contribution in [1.29, 1.82) is 0 Å². The quantitative estimate of drug-likeness (QED) is 0.177. The van der Waals surface area contributed by atoms with Gasteiger partial charge in [-0.05, 0) is 131 Å². The van der Waals surface area contributed by atoms with Crippen LogP contribution in [0.1, 0.15) is 33.7 Å². The van der Waals surface area contributed by atoms with E-state index < -0.39 is 0 Å². The van der Waals surface area contributed by atoms with Crippen molar-refractivity contribution < 1.29 is 0 Å². The van der Waals surface area contributed by atoms with Crippen LogP contribution in [0.2, 0.25) is 0 Å². The van der Waals surface area contributed by atoms with E-state index in [1.165, 1.54) is 94.6 Å². The molecule has 0 saturated heterocycles. The van der Waals surface area contributed by atoms with Gasteiger partial charge in [0.1, 0.15) is 0 Å². The molecule has 10 rings (SSSR count). The molecule has 0 amide bonds. The zero-order valence-electron chi connectivity index (χ0n) is 27.7. The Hall–Kier alpha value is -6.24. The van der Waals surface area contributed by atoms with Crippen LogP contribution in [-0.2, 0) is 6.42 Å². The van der Waals surface area contributed by atoms with E-state index in [1.54, 1.807) is 0 Å². The van der Waals surface area contributed by atoms with E-state index in [-0.39, 0.29) is 5.92 Å². The molecule has 8 aromatic carbocycles. The van der Waals surface area contributed by atoms with Gasteiger partial charge in [0.15, 0.2) is 0 Å². The zero-order chi connectivity index (χ0) is 33.0. The SMILES string of the molecule is c1ccc(-c2cc(-c3ccccc3)cc(-c3cccc(C4c5ccccc5-c5cc(-c6ccc7c(c6)-c6ccccc6C7)ccc54)c3)c2)cc1. The van der Waals surface area contributed by atoms with Gasteiger partial charge in [0, 0.05) is 5.92 Å². The summed E-state index contributed by atoms with van der Waals surface area (Å²) in [5.41, 5.74) is 22.3. The summed E-state index contributed by atoms with van der Waals surface area (Å²) in [5.74, 6) is 0.174. The predicted molar refractivity (Wildman–Crippen MR) is 209 cm³/mol. The van der Waals surface area contributed by atoms with Crippen molar-refractivity contribution in [3.63, 3.8) is 0 Å². The van der Waals surface area contributed by atoms with Gasteiger partial charge in [-0.1, -0.05) is 158 Å². The van der Waals surface area contributed by atoms with E-state index >= 15 is 0 Å². The van der Waals surface area contributed by atoms with Crippen molar-refractivity contribution in [2.24, 2.45) is 0 Å². The second-order valence-corrected chi connectivity index (χ2v) is 13.7. The van der Waals surface area contributed by atoms with Crippen LogP contribution >= 0.6 is 0 Å². The normalized spacial score (nSPS) is 13.7. The molecule has 0 aromatic heterocycles. The maximum Gasteiger partial charge on any atom is 0.0352 e. The third-order valence-corrected chi connectivity index (χ3v) is 10.8. The Morgan fingerprint density at radius 3 is 1.54 bits per heavy atom. The van der Waals surface area contributed by atoms with Gasteiger partial charge in [0.25, 0.3) is 0 Å². The minimum absolute atomic E-state index is 0.174. The molecule has 234 valence electrons. The van der Waals surface area contributed by atoms with Gasteiger partial charge < -0.3 is 0 Å². The molecule has 0 radical (unpaired) electrons. The number of benzene rings is 8. The molecule has 8 aromatic rings. The molecular formula is C50H34. The largest absolute Gasteiger partial charge is 0.0622 e. The van der Waals surface area contributed by atoms with Crippen LogP contribution in [-0.4, -0.2) is 0 Å². The van der Waals surface area contributed by atoms with Crippen molar-refractivity contribution in [2.45, 2.75) is 12.3 Å². The first-order chi connectivity index (χ1) is 24.8. The maximum atomic E-state index is 2.43. The summed E-state index contributed by atoms with van der Waals surface area (Å²) in [6.07, 6.45) is 1.02. The number of fused-ring (bicyclic) bond motifs is 6. The molecule has 0 saturated carbocycles. The van der Waals surface area contributed by atoms with Crippen LogP contribution in [0.25, 0.3) is 66.8 Å². The smallest absolute Gasteiger partial charge is 0.0352 e. The summed E-state index contributed by atoms with van der Waals surface area (Å²) in [6, 6.07) is 69.7. The molecule has 2 aliphatic rings. The van der Waals surface area contributed by atoms with E-state index in [9.17, 15) is 0 Å². The van der Waals surface area contributed by atoms with Crippen LogP contribution in [0, 0.1) is 0 Å². The third kappa shape index (κ3) is 4.84. The standard InChI is InChI=1S/C50H34/c1-3-12-33(13-4-1)41-28-42(34-14-5-2-6-15-34)30-43(29-41)35-17-11-18-40(26-35)50-46-21-10-9-20-45(46)49-32-37(24-25-47(49)50)36-22-23-39-27-38-16-7-8-19-44(38)48(39)31-36/h1-26,28-32,50H,27H2. The molecule has 0 heterocycles. The first kappa shape index (κ1) is 28.7. The third-order valence-electron chi connectivity index (χ3n) is 10.8. The van der Waals surface area contributed by atoms with Gasteiger partial charge >= 0.3 is 0 Å². The topological polar surface area (TPSA) is 0 Å². The Balaban J connectivity index is 1.07. The number of hydrogen-bond acceptors (Lipinski definition) is 0. The van der Waals surface area contributed by atoms with Crippen LogP contribution in [0.4, 0.5) is 0 Å². The van der Waals surface area contributed by atoms with Gasteiger partial charge in [-0.25, -0.2) is 0 Å². The van der Waals surface area contributed by atoms with Crippen LogP contribution in [0.15, 0.2) is 188 Å². The fourth-order valence-electron chi connectivity index (χ4n) is 8.33. The predicted octanol–water partition coefficient (Wildman–Crippen LogP) is 13.1. The molecule has 0 spiro atoms. The lowest BCUT2D eigenvalue weighted by molar-refractivity contribution is 1.02. The van der Waals surface area contributed by atoms with Crippen LogP contribution in [0.3, 0.4) is 0 Å². The van der Waals surface area contributed by atoms with Crippen molar-refractivity contribution in [3.05, 3.63) is 216 Å². The Labute approximate surface area is 294 Å². The summed E-state index contributed by atoms with van der Waals surface area (Å²) in [7, 11) is 0. The molecular weight excluding hydrogens is 601 g/mol. The average Bonchev–Trinajstić information content (AvgIpc) is 3.73. The summed E-state index contributed by atoms with van der Waals surface area (Å²) < 4.78 is 0. The van der Waals surface area contributed by atoms with Gasteiger partial charge in [0.2, 0.25) is 0 Å². The highest BCUT2D eigenvalue weighted by Gasteiger charge is 2.30. The monoisotopic (exact) mass is 634 g/mol. The highest BCUT2D eigenvalue weighted by atomic mass is 14.3. The molecule has 0 aliphatic heterocycles. The van der Waals surface area contributed by atoms with Gasteiger partial charge in [-0.15, -0.1) is 0 Å². The summed E-state index contributed by atoms with van der Waals surface area (Å²) in [6.45, 7) is 0. The highest BCUT2D eigenvalue weighted by molar-refractivity contribution is 5.87. The molecule has 2 aliphatic carbocycles. The van der Waals surface area contributed by atoms with E-state index in [1.807, 2.05) is 0 Å². The molecule has 0 heteroatoms. The Morgan fingerprint density at radius 1 is 0.280 bits per heavy atom. The zero-order valence-corrected chi connectivity index (χ0v) is 27.7. The minimum atomic E-state index is 0.174. The lowest BCUT2D eigenvalue weighted by atomic mass is 9.86. The number of hydrogen-bond donors (Lipinski definition) is 0. The van der Waals surface area contributed by atoms with Crippen LogP contribution < -0.4 is 0 Å². The van der Waals surface area contributed by atoms with Crippen molar-refractivity contribution in [3.8, 4) is 66.8 Å². The Kier molecular flexibility index (Phi) is 6.74. The Bertz CT molecular complexity index is 2500. The highest BCUT2D eigenvalue weighted by Crippen LogP contribution is 2.50. The van der Waals surface area contributed by atoms with Crippen LogP contribution in [0.5, 0.6) is 0 Å². The minimum Gasteiger partial charge on any atom is -0.0622 e. The van der Waals surface area contributed by atoms with E-state index in [2.05, 4.69) is 188 Å². The molecule has 0 N–H and O–H groups in total.